The molecule has 0 amide bonds. The molecule has 0 bridgehead atoms. The first-order chi connectivity index (χ1) is 15.0. The van der Waals surface area contributed by atoms with E-state index in [9.17, 15) is 0 Å². The fraction of sp³-hybridized carbons (Fsp3) is 0.226. The highest BCUT2D eigenvalue weighted by Gasteiger charge is 2.29. The Kier molecular flexibility index (Phi) is 4.82. The second-order valence-corrected chi connectivity index (χ2v) is 9.50. The normalized spacial score (nSPS) is 14.9. The SMILES string of the molecule is CCc1c(-c2ccc3c(c2)C(c2ccc(C)cc2)=CCC3(C)C)ccc2ccccc12. The zero-order valence-corrected chi connectivity index (χ0v) is 19.0. The predicted molar refractivity (Wildman–Crippen MR) is 135 cm³/mol. The van der Waals surface area contributed by atoms with Crippen LogP contribution in [0.3, 0.4) is 0 Å². The van der Waals surface area contributed by atoms with Crippen molar-refractivity contribution in [3.8, 4) is 11.1 Å². The first-order valence-electron chi connectivity index (χ1n) is 11.4. The molecule has 0 N–H and O–H groups in total. The molecule has 154 valence electrons. The lowest BCUT2D eigenvalue weighted by molar-refractivity contribution is 0.527. The Labute approximate surface area is 186 Å². The van der Waals surface area contributed by atoms with Crippen molar-refractivity contribution in [2.24, 2.45) is 0 Å². The van der Waals surface area contributed by atoms with Crippen LogP contribution in [0, 0.1) is 6.92 Å². The van der Waals surface area contributed by atoms with E-state index >= 15 is 0 Å². The largest absolute Gasteiger partial charge is 0.0752 e. The molecule has 4 aromatic rings. The van der Waals surface area contributed by atoms with Crippen molar-refractivity contribution in [3.05, 3.63) is 113 Å². The van der Waals surface area contributed by atoms with E-state index in [1.54, 1.807) is 0 Å². The average molecular weight is 403 g/mol. The monoisotopic (exact) mass is 402 g/mol. The molecule has 0 saturated carbocycles. The summed E-state index contributed by atoms with van der Waals surface area (Å²) < 4.78 is 0. The topological polar surface area (TPSA) is 0 Å². The Morgan fingerprint density at radius 1 is 0.774 bits per heavy atom. The molecule has 0 heteroatoms. The molecule has 0 nitrogen and oxygen atoms in total. The minimum atomic E-state index is 0.152. The summed E-state index contributed by atoms with van der Waals surface area (Å²) in [6.45, 7) is 9.15. The van der Waals surface area contributed by atoms with Crippen LogP contribution in [0.5, 0.6) is 0 Å². The van der Waals surface area contributed by atoms with E-state index in [1.165, 1.54) is 55.3 Å². The second-order valence-electron chi connectivity index (χ2n) is 9.50. The summed E-state index contributed by atoms with van der Waals surface area (Å²) in [4.78, 5) is 0. The third-order valence-electron chi connectivity index (χ3n) is 6.92. The molecule has 0 aromatic heterocycles. The van der Waals surface area contributed by atoms with Crippen LogP contribution in [0.4, 0.5) is 0 Å². The zero-order valence-electron chi connectivity index (χ0n) is 19.0. The standard InChI is InChI=1S/C31H30/c1-5-25-26-9-7-6-8-22(26)14-16-27(25)24-15-17-30-29(20-24)28(18-19-31(30,3)4)23-12-10-21(2)11-13-23/h6-18,20H,5,19H2,1-4H3. The quantitative estimate of drug-likeness (QED) is 0.322. The predicted octanol–water partition coefficient (Wildman–Crippen LogP) is 8.49. The maximum atomic E-state index is 2.44. The van der Waals surface area contributed by atoms with Crippen molar-refractivity contribution < 1.29 is 0 Å². The third kappa shape index (κ3) is 3.41. The Balaban J connectivity index is 1.71. The van der Waals surface area contributed by atoms with Gasteiger partial charge in [0, 0.05) is 0 Å². The van der Waals surface area contributed by atoms with E-state index in [0.717, 1.165) is 12.8 Å². The number of rotatable bonds is 3. The lowest BCUT2D eigenvalue weighted by Crippen LogP contribution is -2.21. The Bertz CT molecular complexity index is 1300. The van der Waals surface area contributed by atoms with Crippen LogP contribution >= 0.6 is 0 Å². The Morgan fingerprint density at radius 3 is 2.29 bits per heavy atom. The van der Waals surface area contributed by atoms with Gasteiger partial charge in [0.2, 0.25) is 0 Å². The molecule has 0 unspecified atom stereocenters. The number of fused-ring (bicyclic) bond motifs is 2. The number of hydrogen-bond donors (Lipinski definition) is 0. The molecule has 0 atom stereocenters. The van der Waals surface area contributed by atoms with Gasteiger partial charge in [0.05, 0.1) is 0 Å². The lowest BCUT2D eigenvalue weighted by Gasteiger charge is -2.33. The minimum Gasteiger partial charge on any atom is -0.0752 e. The molecule has 31 heavy (non-hydrogen) atoms. The summed E-state index contributed by atoms with van der Waals surface area (Å²) >= 11 is 0. The fourth-order valence-electron chi connectivity index (χ4n) is 5.10. The van der Waals surface area contributed by atoms with Crippen LogP contribution < -0.4 is 0 Å². The summed E-state index contributed by atoms with van der Waals surface area (Å²) in [6.07, 6.45) is 4.54. The minimum absolute atomic E-state index is 0.152. The molecule has 0 fully saturated rings. The van der Waals surface area contributed by atoms with Crippen LogP contribution in [0.25, 0.3) is 27.5 Å². The summed E-state index contributed by atoms with van der Waals surface area (Å²) in [7, 11) is 0. The maximum absolute atomic E-state index is 2.44. The van der Waals surface area contributed by atoms with E-state index in [4.69, 9.17) is 0 Å². The highest BCUT2D eigenvalue weighted by Crippen LogP contribution is 2.43. The van der Waals surface area contributed by atoms with Gasteiger partial charge in [-0.15, -0.1) is 0 Å². The number of allylic oxidation sites excluding steroid dienone is 1. The van der Waals surface area contributed by atoms with Gasteiger partial charge in [-0.2, -0.15) is 0 Å². The molecule has 0 spiro atoms. The Hall–Kier alpha value is -3.12. The van der Waals surface area contributed by atoms with Crippen molar-refractivity contribution in [1.82, 2.24) is 0 Å². The van der Waals surface area contributed by atoms with Gasteiger partial charge in [0.25, 0.3) is 0 Å². The van der Waals surface area contributed by atoms with Gasteiger partial charge >= 0.3 is 0 Å². The van der Waals surface area contributed by atoms with Gasteiger partial charge in [-0.25, -0.2) is 0 Å². The van der Waals surface area contributed by atoms with E-state index < -0.39 is 0 Å². The van der Waals surface area contributed by atoms with Crippen LogP contribution in [0.2, 0.25) is 0 Å². The van der Waals surface area contributed by atoms with Crippen LogP contribution in [-0.4, -0.2) is 0 Å². The van der Waals surface area contributed by atoms with Crippen molar-refractivity contribution >= 4 is 16.3 Å². The number of aryl methyl sites for hydroxylation is 2. The summed E-state index contributed by atoms with van der Waals surface area (Å²) in [5, 5.41) is 2.69. The average Bonchev–Trinajstić information content (AvgIpc) is 2.79. The summed E-state index contributed by atoms with van der Waals surface area (Å²) in [5.74, 6) is 0. The van der Waals surface area contributed by atoms with Crippen LogP contribution in [0.1, 0.15) is 55.0 Å². The van der Waals surface area contributed by atoms with Crippen molar-refractivity contribution in [2.75, 3.05) is 0 Å². The highest BCUT2D eigenvalue weighted by molar-refractivity contribution is 5.93. The molecule has 4 aromatic carbocycles. The van der Waals surface area contributed by atoms with Gasteiger partial charge in [-0.05, 0) is 81.0 Å². The van der Waals surface area contributed by atoms with E-state index in [-0.39, 0.29) is 5.41 Å². The van der Waals surface area contributed by atoms with Gasteiger partial charge in [0.1, 0.15) is 0 Å². The van der Waals surface area contributed by atoms with Crippen LogP contribution in [-0.2, 0) is 11.8 Å². The van der Waals surface area contributed by atoms with Gasteiger partial charge in [-0.3, -0.25) is 0 Å². The zero-order chi connectivity index (χ0) is 21.6. The molecule has 0 heterocycles. The van der Waals surface area contributed by atoms with Gasteiger partial charge in [0.15, 0.2) is 0 Å². The van der Waals surface area contributed by atoms with E-state index in [1.807, 2.05) is 0 Å². The molecule has 1 aliphatic rings. The van der Waals surface area contributed by atoms with Crippen molar-refractivity contribution in [3.63, 3.8) is 0 Å². The molecule has 5 rings (SSSR count). The highest BCUT2D eigenvalue weighted by atomic mass is 14.3. The fourth-order valence-corrected chi connectivity index (χ4v) is 5.10. The van der Waals surface area contributed by atoms with E-state index in [2.05, 4.69) is 113 Å². The second kappa shape index (κ2) is 7.54. The van der Waals surface area contributed by atoms with Gasteiger partial charge < -0.3 is 0 Å². The summed E-state index contributed by atoms with van der Waals surface area (Å²) in [5.41, 5.74) is 11.1. The first kappa shape index (κ1) is 19.8. The van der Waals surface area contributed by atoms with E-state index in [0.29, 0.717) is 0 Å². The molecule has 1 aliphatic carbocycles. The maximum Gasteiger partial charge on any atom is -0.00626 e. The molecule has 0 radical (unpaired) electrons. The van der Waals surface area contributed by atoms with Gasteiger partial charge in [-0.1, -0.05) is 105 Å². The third-order valence-corrected chi connectivity index (χ3v) is 6.92. The molecular formula is C31H30. The Morgan fingerprint density at radius 2 is 1.52 bits per heavy atom. The molecule has 0 aliphatic heterocycles. The van der Waals surface area contributed by atoms with Crippen LogP contribution in [0.15, 0.2) is 84.9 Å². The molecular weight excluding hydrogens is 372 g/mol. The number of benzene rings is 4. The lowest BCUT2D eigenvalue weighted by atomic mass is 9.71. The molecule has 0 saturated heterocycles. The summed E-state index contributed by atoms with van der Waals surface area (Å²) in [6, 6.07) is 29.5. The first-order valence-corrected chi connectivity index (χ1v) is 11.4. The van der Waals surface area contributed by atoms with Crippen molar-refractivity contribution in [2.45, 2.75) is 46.0 Å². The van der Waals surface area contributed by atoms with Crippen molar-refractivity contribution in [1.29, 1.82) is 0 Å². The number of hydrogen-bond acceptors (Lipinski definition) is 0. The smallest absolute Gasteiger partial charge is 0.00626 e.